The van der Waals surface area contributed by atoms with E-state index in [0.717, 1.165) is 21.8 Å². The summed E-state index contributed by atoms with van der Waals surface area (Å²) in [6, 6.07) is 5.94. The Morgan fingerprint density at radius 2 is 2.05 bits per heavy atom. The van der Waals surface area contributed by atoms with E-state index in [1.165, 1.54) is 12.8 Å². The number of amides is 1. The number of hydrogen-bond acceptors (Lipinski definition) is 2. The second-order valence-corrected chi connectivity index (χ2v) is 7.16. The van der Waals surface area contributed by atoms with Gasteiger partial charge in [0, 0.05) is 22.0 Å². The first kappa shape index (κ1) is 16.0. The molecule has 0 aromatic heterocycles. The van der Waals surface area contributed by atoms with Gasteiger partial charge in [0.05, 0.1) is 5.56 Å². The minimum absolute atomic E-state index is 0.0588. The Morgan fingerprint density at radius 1 is 1.35 bits per heavy atom. The van der Waals surface area contributed by atoms with Crippen LogP contribution >= 0.6 is 31.9 Å². The first-order valence-corrected chi connectivity index (χ1v) is 8.55. The Morgan fingerprint density at radius 3 is 2.75 bits per heavy atom. The molecule has 2 rings (SSSR count). The van der Waals surface area contributed by atoms with Gasteiger partial charge in [-0.1, -0.05) is 28.8 Å². The molecule has 1 amide bonds. The summed E-state index contributed by atoms with van der Waals surface area (Å²) < 4.78 is 1.74. The van der Waals surface area contributed by atoms with Crippen molar-refractivity contribution in [2.45, 2.75) is 31.7 Å². The van der Waals surface area contributed by atoms with Gasteiger partial charge in [0.25, 0.3) is 5.91 Å². The number of carbonyl (C=O) groups excluding carboxylic acids is 1. The molecule has 0 aliphatic heterocycles. The number of hydrogen-bond donors (Lipinski definition) is 1. The monoisotopic (exact) mass is 402 g/mol. The summed E-state index contributed by atoms with van der Waals surface area (Å²) >= 11 is 6.89. The Balaban J connectivity index is 2.21. The highest BCUT2D eigenvalue weighted by molar-refractivity contribution is 9.11. The van der Waals surface area contributed by atoms with Gasteiger partial charge in [-0.05, 0) is 59.4 Å². The molecule has 1 fully saturated rings. The van der Waals surface area contributed by atoms with Crippen molar-refractivity contribution in [3.63, 3.8) is 0 Å². The molecule has 2 unspecified atom stereocenters. The van der Waals surface area contributed by atoms with Crippen molar-refractivity contribution < 1.29 is 4.79 Å². The molecule has 3 nitrogen and oxygen atoms in total. The van der Waals surface area contributed by atoms with E-state index in [4.69, 9.17) is 5.73 Å². The SMILES string of the molecule is CN(C(=O)c1cc(Br)ccc1Br)C1CCCCC1CN. The van der Waals surface area contributed by atoms with Gasteiger partial charge in [-0.3, -0.25) is 4.79 Å². The third-order valence-electron chi connectivity index (χ3n) is 4.15. The molecule has 0 heterocycles. The molecule has 1 aromatic carbocycles. The number of carbonyl (C=O) groups is 1. The molecule has 110 valence electrons. The third kappa shape index (κ3) is 3.43. The van der Waals surface area contributed by atoms with E-state index in [9.17, 15) is 4.79 Å². The lowest BCUT2D eigenvalue weighted by atomic mass is 9.83. The maximum atomic E-state index is 12.7. The van der Waals surface area contributed by atoms with Crippen LogP contribution in [0.5, 0.6) is 0 Å². The fourth-order valence-electron chi connectivity index (χ4n) is 2.97. The Hall–Kier alpha value is -0.390. The lowest BCUT2D eigenvalue weighted by molar-refractivity contribution is 0.0619. The van der Waals surface area contributed by atoms with Crippen LogP contribution in [0, 0.1) is 5.92 Å². The number of nitrogens with two attached hydrogens (primary N) is 1. The Labute approximate surface area is 137 Å². The smallest absolute Gasteiger partial charge is 0.255 e. The highest BCUT2D eigenvalue weighted by Gasteiger charge is 2.30. The predicted molar refractivity (Wildman–Crippen MR) is 88.7 cm³/mol. The number of rotatable bonds is 3. The van der Waals surface area contributed by atoms with Gasteiger partial charge in [-0.25, -0.2) is 0 Å². The van der Waals surface area contributed by atoms with Crippen LogP contribution in [-0.4, -0.2) is 30.4 Å². The maximum Gasteiger partial charge on any atom is 0.255 e. The first-order chi connectivity index (χ1) is 9.54. The van der Waals surface area contributed by atoms with E-state index >= 15 is 0 Å². The van der Waals surface area contributed by atoms with Crippen molar-refractivity contribution >= 4 is 37.8 Å². The molecule has 0 spiro atoms. The van der Waals surface area contributed by atoms with Crippen LogP contribution in [0.4, 0.5) is 0 Å². The summed E-state index contributed by atoms with van der Waals surface area (Å²) in [7, 11) is 1.90. The molecule has 1 aromatic rings. The van der Waals surface area contributed by atoms with Crippen LogP contribution in [0.1, 0.15) is 36.0 Å². The van der Waals surface area contributed by atoms with Crippen molar-refractivity contribution in [2.75, 3.05) is 13.6 Å². The van der Waals surface area contributed by atoms with Gasteiger partial charge < -0.3 is 10.6 Å². The molecule has 0 saturated heterocycles. The van der Waals surface area contributed by atoms with E-state index in [-0.39, 0.29) is 11.9 Å². The number of nitrogens with zero attached hydrogens (tertiary/aromatic N) is 1. The lowest BCUT2D eigenvalue weighted by Crippen LogP contribution is -2.46. The van der Waals surface area contributed by atoms with Crippen molar-refractivity contribution in [2.24, 2.45) is 11.7 Å². The second-order valence-electron chi connectivity index (χ2n) is 5.39. The molecule has 1 aliphatic carbocycles. The average Bonchev–Trinajstić information content (AvgIpc) is 2.48. The fourth-order valence-corrected chi connectivity index (χ4v) is 3.75. The lowest BCUT2D eigenvalue weighted by Gasteiger charge is -2.37. The van der Waals surface area contributed by atoms with Gasteiger partial charge in [-0.15, -0.1) is 0 Å². The summed E-state index contributed by atoms with van der Waals surface area (Å²) in [5.41, 5.74) is 6.57. The zero-order valence-corrected chi connectivity index (χ0v) is 14.8. The third-order valence-corrected chi connectivity index (χ3v) is 5.33. The molecular weight excluding hydrogens is 384 g/mol. The van der Waals surface area contributed by atoms with Gasteiger partial charge in [0.15, 0.2) is 0 Å². The van der Waals surface area contributed by atoms with E-state index < -0.39 is 0 Å². The minimum atomic E-state index is 0.0588. The summed E-state index contributed by atoms with van der Waals surface area (Å²) in [6.07, 6.45) is 4.58. The second kappa shape index (κ2) is 7.05. The van der Waals surface area contributed by atoms with Crippen LogP contribution in [-0.2, 0) is 0 Å². The first-order valence-electron chi connectivity index (χ1n) is 6.97. The van der Waals surface area contributed by atoms with Crippen LogP contribution in [0.15, 0.2) is 27.1 Å². The molecule has 0 bridgehead atoms. The summed E-state index contributed by atoms with van der Waals surface area (Å²) in [6.45, 7) is 0.655. The van der Waals surface area contributed by atoms with Crippen molar-refractivity contribution in [1.82, 2.24) is 4.90 Å². The van der Waals surface area contributed by atoms with Crippen LogP contribution < -0.4 is 5.73 Å². The van der Waals surface area contributed by atoms with E-state index in [1.807, 2.05) is 30.1 Å². The van der Waals surface area contributed by atoms with Gasteiger partial charge in [-0.2, -0.15) is 0 Å². The molecule has 2 N–H and O–H groups in total. The summed E-state index contributed by atoms with van der Waals surface area (Å²) in [4.78, 5) is 14.6. The predicted octanol–water partition coefficient (Wildman–Crippen LogP) is 3.80. The molecule has 5 heteroatoms. The number of halogens is 2. The molecule has 20 heavy (non-hydrogen) atoms. The molecule has 2 atom stereocenters. The topological polar surface area (TPSA) is 46.3 Å². The van der Waals surface area contributed by atoms with Crippen molar-refractivity contribution in [3.05, 3.63) is 32.7 Å². The highest BCUT2D eigenvalue weighted by atomic mass is 79.9. The van der Waals surface area contributed by atoms with Crippen molar-refractivity contribution in [1.29, 1.82) is 0 Å². The average molecular weight is 404 g/mol. The van der Waals surface area contributed by atoms with Gasteiger partial charge in [0.1, 0.15) is 0 Å². The van der Waals surface area contributed by atoms with Crippen LogP contribution in [0.3, 0.4) is 0 Å². The van der Waals surface area contributed by atoms with Crippen LogP contribution in [0.25, 0.3) is 0 Å². The zero-order chi connectivity index (χ0) is 14.7. The fraction of sp³-hybridized carbons (Fsp3) is 0.533. The van der Waals surface area contributed by atoms with E-state index in [1.54, 1.807) is 0 Å². The molecule has 1 aliphatic rings. The van der Waals surface area contributed by atoms with Crippen LogP contribution in [0.2, 0.25) is 0 Å². The largest absolute Gasteiger partial charge is 0.338 e. The maximum absolute atomic E-state index is 12.7. The quantitative estimate of drug-likeness (QED) is 0.834. The van der Waals surface area contributed by atoms with Crippen molar-refractivity contribution in [3.8, 4) is 0 Å². The zero-order valence-electron chi connectivity index (χ0n) is 11.6. The van der Waals surface area contributed by atoms with Gasteiger partial charge >= 0.3 is 0 Å². The van der Waals surface area contributed by atoms with E-state index in [0.29, 0.717) is 18.0 Å². The normalized spacial score (nSPS) is 22.6. The van der Waals surface area contributed by atoms with Gasteiger partial charge in [0.2, 0.25) is 0 Å². The Bertz CT molecular complexity index is 493. The number of benzene rings is 1. The Kier molecular flexibility index (Phi) is 5.64. The summed E-state index contributed by atoms with van der Waals surface area (Å²) in [5.74, 6) is 0.479. The summed E-state index contributed by atoms with van der Waals surface area (Å²) in [5, 5.41) is 0. The standard InChI is InChI=1S/C15H20Br2N2O/c1-19(14-5-3-2-4-10(14)9-18)15(20)12-8-11(16)6-7-13(12)17/h6-8,10,14H,2-5,9,18H2,1H3. The molecule has 1 saturated carbocycles. The van der Waals surface area contributed by atoms with E-state index in [2.05, 4.69) is 31.9 Å². The molecule has 0 radical (unpaired) electrons. The minimum Gasteiger partial charge on any atom is -0.338 e. The molecular formula is C15H20Br2N2O. The highest BCUT2D eigenvalue weighted by Crippen LogP contribution is 2.30.